The van der Waals surface area contributed by atoms with Crippen molar-refractivity contribution < 1.29 is 19.4 Å². The van der Waals surface area contributed by atoms with E-state index < -0.39 is 17.7 Å². The Labute approximate surface area is 180 Å². The Morgan fingerprint density at radius 3 is 2.53 bits per heavy atom. The summed E-state index contributed by atoms with van der Waals surface area (Å²) in [6.45, 7) is 1.15. The highest BCUT2D eigenvalue weighted by Gasteiger charge is 2.45. The molecule has 3 rings (SSSR count). The summed E-state index contributed by atoms with van der Waals surface area (Å²) >= 11 is 6.19. The van der Waals surface area contributed by atoms with E-state index in [1.54, 1.807) is 36.7 Å². The van der Waals surface area contributed by atoms with Crippen LogP contribution in [-0.2, 0) is 9.59 Å². The monoisotopic (exact) mass is 429 g/mol. The molecule has 1 N–H and O–H groups in total. The second-order valence-corrected chi connectivity index (χ2v) is 7.69. The van der Waals surface area contributed by atoms with Crippen LogP contribution < -0.4 is 4.74 Å². The van der Waals surface area contributed by atoms with Gasteiger partial charge in [0.1, 0.15) is 11.5 Å². The summed E-state index contributed by atoms with van der Waals surface area (Å²) in [5, 5.41) is 11.3. The van der Waals surface area contributed by atoms with Crippen LogP contribution in [0.4, 0.5) is 0 Å². The zero-order valence-electron chi connectivity index (χ0n) is 17.1. The lowest BCUT2D eigenvalue weighted by Crippen LogP contribution is -2.32. The fourth-order valence-corrected chi connectivity index (χ4v) is 3.79. The standard InChI is InChI=1S/C22H24ClN3O4/c1-25(2)11-4-12-26-19(14-7-9-24-10-8-14)18(21(28)22(26)29)20(27)15-5-6-17(30-3)16(23)13-15/h5-10,13,19,27H,4,11-12H2,1-3H3/t19-/m1/s1. The van der Waals surface area contributed by atoms with E-state index in [4.69, 9.17) is 16.3 Å². The number of halogens is 1. The van der Waals surface area contributed by atoms with Gasteiger partial charge in [-0.1, -0.05) is 11.6 Å². The molecule has 1 saturated heterocycles. The average Bonchev–Trinajstić information content (AvgIpc) is 2.98. The minimum atomic E-state index is -0.717. The van der Waals surface area contributed by atoms with Crippen molar-refractivity contribution in [1.29, 1.82) is 0 Å². The number of nitrogens with zero attached hydrogens (tertiary/aromatic N) is 3. The van der Waals surface area contributed by atoms with Crippen LogP contribution in [0.25, 0.3) is 5.76 Å². The van der Waals surface area contributed by atoms with Gasteiger partial charge in [0.15, 0.2) is 0 Å². The van der Waals surface area contributed by atoms with E-state index in [0.29, 0.717) is 34.9 Å². The quantitative estimate of drug-likeness (QED) is 0.413. The number of amides is 1. The number of aliphatic hydroxyl groups is 1. The van der Waals surface area contributed by atoms with Gasteiger partial charge in [-0.2, -0.15) is 0 Å². The van der Waals surface area contributed by atoms with E-state index in [1.165, 1.54) is 18.1 Å². The van der Waals surface area contributed by atoms with Crippen LogP contribution >= 0.6 is 11.6 Å². The molecule has 0 aliphatic carbocycles. The molecule has 2 heterocycles. The van der Waals surface area contributed by atoms with Crippen LogP contribution in [0.2, 0.25) is 5.02 Å². The molecule has 2 aromatic rings. The Morgan fingerprint density at radius 2 is 1.93 bits per heavy atom. The first-order chi connectivity index (χ1) is 14.3. The number of carbonyl (C=O) groups is 2. The Kier molecular flexibility index (Phi) is 6.74. The zero-order chi connectivity index (χ0) is 21.8. The summed E-state index contributed by atoms with van der Waals surface area (Å²) in [5.41, 5.74) is 1.08. The van der Waals surface area contributed by atoms with Gasteiger partial charge >= 0.3 is 0 Å². The number of carbonyl (C=O) groups excluding carboxylic acids is 2. The van der Waals surface area contributed by atoms with Crippen molar-refractivity contribution in [3.8, 4) is 5.75 Å². The summed E-state index contributed by atoms with van der Waals surface area (Å²) in [4.78, 5) is 33.3. The fourth-order valence-electron chi connectivity index (χ4n) is 3.53. The number of rotatable bonds is 7. The van der Waals surface area contributed by atoms with Crippen molar-refractivity contribution in [3.05, 3.63) is 64.4 Å². The number of hydrogen-bond donors (Lipinski definition) is 1. The van der Waals surface area contributed by atoms with E-state index in [9.17, 15) is 14.7 Å². The molecule has 8 heteroatoms. The third kappa shape index (κ3) is 4.32. The lowest BCUT2D eigenvalue weighted by atomic mass is 9.96. The molecule has 0 unspecified atom stereocenters. The van der Waals surface area contributed by atoms with Gasteiger partial charge in [0.05, 0.1) is 23.7 Å². The highest BCUT2D eigenvalue weighted by Crippen LogP contribution is 2.40. The van der Waals surface area contributed by atoms with Crippen molar-refractivity contribution in [1.82, 2.24) is 14.8 Å². The maximum atomic E-state index is 12.9. The van der Waals surface area contributed by atoms with E-state index in [2.05, 4.69) is 4.98 Å². The van der Waals surface area contributed by atoms with Crippen LogP contribution in [0, 0.1) is 0 Å². The molecule has 1 aliphatic heterocycles. The van der Waals surface area contributed by atoms with Crippen molar-refractivity contribution in [2.24, 2.45) is 0 Å². The lowest BCUT2D eigenvalue weighted by molar-refractivity contribution is -0.139. The maximum absolute atomic E-state index is 12.9. The first-order valence-corrected chi connectivity index (χ1v) is 9.90. The number of ether oxygens (including phenoxy) is 1. The van der Waals surface area contributed by atoms with Gasteiger partial charge in [-0.15, -0.1) is 0 Å². The van der Waals surface area contributed by atoms with Gasteiger partial charge in [0.2, 0.25) is 0 Å². The van der Waals surface area contributed by atoms with E-state index in [-0.39, 0.29) is 11.3 Å². The summed E-state index contributed by atoms with van der Waals surface area (Å²) in [7, 11) is 5.38. The predicted molar refractivity (Wildman–Crippen MR) is 114 cm³/mol. The SMILES string of the molecule is COc1ccc(C(O)=C2C(=O)C(=O)N(CCCN(C)C)[C@@H]2c2ccncc2)cc1Cl. The fraction of sp³-hybridized carbons (Fsp3) is 0.318. The number of aliphatic hydroxyl groups excluding tert-OH is 1. The number of aromatic nitrogens is 1. The second kappa shape index (κ2) is 9.28. The molecule has 1 amide bonds. The highest BCUT2D eigenvalue weighted by atomic mass is 35.5. The molecule has 1 aromatic carbocycles. The summed E-state index contributed by atoms with van der Waals surface area (Å²) in [6.07, 6.45) is 3.88. The van der Waals surface area contributed by atoms with Gasteiger partial charge in [-0.3, -0.25) is 14.6 Å². The molecule has 1 aliphatic rings. The number of hydrogen-bond acceptors (Lipinski definition) is 6. The summed E-state index contributed by atoms with van der Waals surface area (Å²) in [5.74, 6) is -1.17. The van der Waals surface area contributed by atoms with Crippen LogP contribution in [-0.4, -0.2) is 65.9 Å². The Hall–Kier alpha value is -2.90. The number of benzene rings is 1. The Bertz CT molecular complexity index is 976. The topological polar surface area (TPSA) is 83.0 Å². The first kappa shape index (κ1) is 21.8. The first-order valence-electron chi connectivity index (χ1n) is 9.52. The largest absolute Gasteiger partial charge is 0.507 e. The summed E-state index contributed by atoms with van der Waals surface area (Å²) in [6, 6.07) is 7.50. The molecule has 1 fully saturated rings. The predicted octanol–water partition coefficient (Wildman–Crippen LogP) is 3.12. The molecular formula is C22H24ClN3O4. The van der Waals surface area contributed by atoms with Crippen LogP contribution in [0.1, 0.15) is 23.6 Å². The molecule has 158 valence electrons. The van der Waals surface area contributed by atoms with Gasteiger partial charge in [0.25, 0.3) is 11.7 Å². The Morgan fingerprint density at radius 1 is 1.23 bits per heavy atom. The maximum Gasteiger partial charge on any atom is 0.295 e. The molecule has 0 radical (unpaired) electrons. The molecule has 1 aromatic heterocycles. The van der Waals surface area contributed by atoms with Gasteiger partial charge in [0, 0.05) is 24.5 Å². The van der Waals surface area contributed by atoms with Crippen LogP contribution in [0.15, 0.2) is 48.3 Å². The van der Waals surface area contributed by atoms with Crippen LogP contribution in [0.5, 0.6) is 5.75 Å². The number of ketones is 1. The van der Waals surface area contributed by atoms with Gasteiger partial charge in [-0.05, 0) is 63.0 Å². The number of Topliss-reactive ketones (excluding diaryl/α,β-unsaturated/α-hetero) is 1. The molecule has 0 bridgehead atoms. The summed E-state index contributed by atoms with van der Waals surface area (Å²) < 4.78 is 5.14. The second-order valence-electron chi connectivity index (χ2n) is 7.28. The number of methoxy groups -OCH3 is 1. The highest BCUT2D eigenvalue weighted by molar-refractivity contribution is 6.46. The average molecular weight is 430 g/mol. The van der Waals surface area contributed by atoms with E-state index in [1.807, 2.05) is 19.0 Å². The lowest BCUT2D eigenvalue weighted by Gasteiger charge is -2.25. The minimum absolute atomic E-state index is 0.0392. The van der Waals surface area contributed by atoms with Crippen molar-refractivity contribution in [2.45, 2.75) is 12.5 Å². The van der Waals surface area contributed by atoms with E-state index >= 15 is 0 Å². The minimum Gasteiger partial charge on any atom is -0.507 e. The number of likely N-dealkylation sites (tertiary alicyclic amines) is 1. The van der Waals surface area contributed by atoms with Crippen molar-refractivity contribution in [3.63, 3.8) is 0 Å². The smallest absolute Gasteiger partial charge is 0.295 e. The van der Waals surface area contributed by atoms with Gasteiger partial charge in [-0.25, -0.2) is 0 Å². The normalized spacial score (nSPS) is 18.3. The third-order valence-corrected chi connectivity index (χ3v) is 5.29. The zero-order valence-corrected chi connectivity index (χ0v) is 17.9. The van der Waals surface area contributed by atoms with Crippen molar-refractivity contribution in [2.75, 3.05) is 34.3 Å². The van der Waals surface area contributed by atoms with Crippen molar-refractivity contribution >= 4 is 29.1 Å². The van der Waals surface area contributed by atoms with Gasteiger partial charge < -0.3 is 19.6 Å². The molecule has 0 saturated carbocycles. The van der Waals surface area contributed by atoms with Crippen LogP contribution in [0.3, 0.4) is 0 Å². The molecule has 1 atom stereocenters. The Balaban J connectivity index is 2.08. The molecular weight excluding hydrogens is 406 g/mol. The molecule has 0 spiro atoms. The molecule has 30 heavy (non-hydrogen) atoms. The molecule has 7 nitrogen and oxygen atoms in total. The third-order valence-electron chi connectivity index (χ3n) is 4.99. The van der Waals surface area contributed by atoms with E-state index in [0.717, 1.165) is 6.54 Å². The number of pyridine rings is 1.